The van der Waals surface area contributed by atoms with Crippen LogP contribution in [-0.2, 0) is 4.74 Å². The number of carbonyl (C=O) groups is 1. The molecule has 0 saturated carbocycles. The molecule has 1 atom stereocenters. The summed E-state index contributed by atoms with van der Waals surface area (Å²) in [7, 11) is 0.256. The van der Waals surface area contributed by atoms with E-state index in [0.717, 1.165) is 6.42 Å². The van der Waals surface area contributed by atoms with E-state index in [9.17, 15) is 4.79 Å². The molecule has 18 heavy (non-hydrogen) atoms. The van der Waals surface area contributed by atoms with Gasteiger partial charge in [0.15, 0.2) is 0 Å². The molecular weight excluding hydrogens is 233 g/mol. The topological polar surface area (TPSA) is 70.0 Å². The van der Waals surface area contributed by atoms with Crippen molar-refractivity contribution in [2.24, 2.45) is 0 Å². The Bertz CT molecular complexity index is 415. The second kappa shape index (κ2) is 5.52. The maximum atomic E-state index is 12.2. The van der Waals surface area contributed by atoms with Crippen LogP contribution < -0.4 is 5.46 Å². The minimum absolute atomic E-state index is 0.0792. The molecule has 0 aromatic heterocycles. The van der Waals surface area contributed by atoms with E-state index in [1.54, 1.807) is 24.1 Å². The average Bonchev–Trinajstić information content (AvgIpc) is 2.91. The predicted molar refractivity (Wildman–Crippen MR) is 67.6 cm³/mol. The summed E-state index contributed by atoms with van der Waals surface area (Å²) in [4.78, 5) is 13.8. The summed E-state index contributed by atoms with van der Waals surface area (Å²) in [5.74, 6) is -0.0792. The SMILES string of the molecule is CN(C(=O)c1ccc(B(O)O)cc1)C1CCOC1. The van der Waals surface area contributed by atoms with E-state index in [2.05, 4.69) is 0 Å². The van der Waals surface area contributed by atoms with Crippen molar-refractivity contribution in [1.29, 1.82) is 0 Å². The first-order valence-corrected chi connectivity index (χ1v) is 5.90. The molecule has 0 radical (unpaired) electrons. The molecule has 1 heterocycles. The second-order valence-corrected chi connectivity index (χ2v) is 4.43. The molecule has 1 aliphatic rings. The first-order valence-electron chi connectivity index (χ1n) is 5.90. The number of hydrogen-bond acceptors (Lipinski definition) is 4. The van der Waals surface area contributed by atoms with E-state index in [4.69, 9.17) is 14.8 Å². The summed E-state index contributed by atoms with van der Waals surface area (Å²) in [6.45, 7) is 1.27. The fourth-order valence-corrected chi connectivity index (χ4v) is 1.99. The van der Waals surface area contributed by atoms with Gasteiger partial charge in [0.2, 0.25) is 0 Å². The summed E-state index contributed by atoms with van der Waals surface area (Å²) < 4.78 is 5.25. The smallest absolute Gasteiger partial charge is 0.423 e. The summed E-state index contributed by atoms with van der Waals surface area (Å²) in [6, 6.07) is 6.40. The van der Waals surface area contributed by atoms with Crippen LogP contribution in [0.2, 0.25) is 0 Å². The van der Waals surface area contributed by atoms with Gasteiger partial charge in [0.05, 0.1) is 12.6 Å². The fraction of sp³-hybridized carbons (Fsp3) is 0.417. The molecule has 1 saturated heterocycles. The summed E-state index contributed by atoms with van der Waals surface area (Å²) in [5, 5.41) is 18.0. The minimum Gasteiger partial charge on any atom is -0.423 e. The van der Waals surface area contributed by atoms with Crippen molar-refractivity contribution in [2.45, 2.75) is 12.5 Å². The molecule has 0 spiro atoms. The normalized spacial score (nSPS) is 18.7. The molecule has 1 amide bonds. The Morgan fingerprint density at radius 1 is 1.39 bits per heavy atom. The highest BCUT2D eigenvalue weighted by atomic mass is 16.5. The van der Waals surface area contributed by atoms with E-state index in [1.165, 1.54) is 12.1 Å². The lowest BCUT2D eigenvalue weighted by atomic mass is 9.80. The molecule has 96 valence electrons. The van der Waals surface area contributed by atoms with Gasteiger partial charge in [-0.2, -0.15) is 0 Å². The number of hydrogen-bond donors (Lipinski definition) is 2. The Balaban J connectivity index is 2.08. The zero-order chi connectivity index (χ0) is 13.1. The van der Waals surface area contributed by atoms with Gasteiger partial charge in [-0.25, -0.2) is 0 Å². The summed E-state index contributed by atoms with van der Waals surface area (Å²) in [6.07, 6.45) is 0.857. The van der Waals surface area contributed by atoms with Gasteiger partial charge in [-0.15, -0.1) is 0 Å². The quantitative estimate of drug-likeness (QED) is 0.690. The van der Waals surface area contributed by atoms with Gasteiger partial charge in [0.25, 0.3) is 5.91 Å². The van der Waals surface area contributed by atoms with Crippen LogP contribution in [0.3, 0.4) is 0 Å². The first kappa shape index (κ1) is 13.1. The van der Waals surface area contributed by atoms with Gasteiger partial charge in [-0.1, -0.05) is 12.1 Å². The van der Waals surface area contributed by atoms with Crippen molar-refractivity contribution in [3.05, 3.63) is 29.8 Å². The zero-order valence-electron chi connectivity index (χ0n) is 10.2. The Labute approximate surface area is 106 Å². The molecule has 5 nitrogen and oxygen atoms in total. The number of rotatable bonds is 3. The number of benzene rings is 1. The van der Waals surface area contributed by atoms with E-state index in [0.29, 0.717) is 24.2 Å². The fourth-order valence-electron chi connectivity index (χ4n) is 1.99. The molecular formula is C12H16BNO4. The average molecular weight is 249 g/mol. The highest BCUT2D eigenvalue weighted by Crippen LogP contribution is 2.13. The molecule has 2 rings (SSSR count). The lowest BCUT2D eigenvalue weighted by Crippen LogP contribution is -2.37. The number of ether oxygens (including phenoxy) is 1. The van der Waals surface area contributed by atoms with Crippen molar-refractivity contribution in [2.75, 3.05) is 20.3 Å². The highest BCUT2D eigenvalue weighted by molar-refractivity contribution is 6.58. The molecule has 1 fully saturated rings. The van der Waals surface area contributed by atoms with Crippen LogP contribution >= 0.6 is 0 Å². The van der Waals surface area contributed by atoms with Crippen LogP contribution in [-0.4, -0.2) is 54.3 Å². The predicted octanol–water partition coefficient (Wildman–Crippen LogP) is -0.773. The Hall–Kier alpha value is -1.37. The number of nitrogens with zero attached hydrogens (tertiary/aromatic N) is 1. The summed E-state index contributed by atoms with van der Waals surface area (Å²) >= 11 is 0. The third kappa shape index (κ3) is 2.72. The minimum atomic E-state index is -1.50. The van der Waals surface area contributed by atoms with Gasteiger partial charge in [-0.3, -0.25) is 4.79 Å². The Morgan fingerprint density at radius 2 is 2.06 bits per heavy atom. The number of likely N-dealkylation sites (N-methyl/N-ethyl adjacent to an activating group) is 1. The van der Waals surface area contributed by atoms with Gasteiger partial charge in [0, 0.05) is 19.2 Å². The van der Waals surface area contributed by atoms with E-state index in [-0.39, 0.29) is 11.9 Å². The van der Waals surface area contributed by atoms with Gasteiger partial charge in [-0.05, 0) is 24.0 Å². The van der Waals surface area contributed by atoms with E-state index >= 15 is 0 Å². The molecule has 1 unspecified atom stereocenters. The molecule has 1 aromatic rings. The van der Waals surface area contributed by atoms with Crippen LogP contribution in [0.25, 0.3) is 0 Å². The lowest BCUT2D eigenvalue weighted by molar-refractivity contribution is 0.0711. The van der Waals surface area contributed by atoms with E-state index < -0.39 is 7.12 Å². The van der Waals surface area contributed by atoms with Crippen LogP contribution in [0.1, 0.15) is 16.8 Å². The van der Waals surface area contributed by atoms with Gasteiger partial charge < -0.3 is 19.7 Å². The van der Waals surface area contributed by atoms with Crippen LogP contribution in [0.4, 0.5) is 0 Å². The largest absolute Gasteiger partial charge is 0.488 e. The Kier molecular flexibility index (Phi) is 4.01. The molecule has 2 N–H and O–H groups in total. The monoisotopic (exact) mass is 249 g/mol. The van der Waals surface area contributed by atoms with Crippen LogP contribution in [0, 0.1) is 0 Å². The van der Waals surface area contributed by atoms with Crippen LogP contribution in [0.15, 0.2) is 24.3 Å². The first-order chi connectivity index (χ1) is 8.59. The standard InChI is InChI=1S/C12H16BNO4/c1-14(11-6-7-18-8-11)12(15)9-2-4-10(5-3-9)13(16)17/h2-5,11,16-17H,6-8H2,1H3. The second-order valence-electron chi connectivity index (χ2n) is 4.43. The molecule has 0 aliphatic carbocycles. The maximum Gasteiger partial charge on any atom is 0.488 e. The zero-order valence-corrected chi connectivity index (χ0v) is 10.2. The van der Waals surface area contributed by atoms with Crippen molar-refractivity contribution >= 4 is 18.5 Å². The molecule has 1 aliphatic heterocycles. The molecule has 0 bridgehead atoms. The van der Waals surface area contributed by atoms with Crippen molar-refractivity contribution in [1.82, 2.24) is 4.90 Å². The van der Waals surface area contributed by atoms with Gasteiger partial charge >= 0.3 is 7.12 Å². The lowest BCUT2D eigenvalue weighted by Gasteiger charge is -2.23. The summed E-state index contributed by atoms with van der Waals surface area (Å²) in [5.41, 5.74) is 0.909. The van der Waals surface area contributed by atoms with Crippen molar-refractivity contribution < 1.29 is 19.6 Å². The third-order valence-electron chi connectivity index (χ3n) is 3.23. The van der Waals surface area contributed by atoms with Crippen molar-refractivity contribution in [3.63, 3.8) is 0 Å². The third-order valence-corrected chi connectivity index (χ3v) is 3.23. The maximum absolute atomic E-state index is 12.2. The Morgan fingerprint density at radius 3 is 2.56 bits per heavy atom. The van der Waals surface area contributed by atoms with E-state index in [1.807, 2.05) is 0 Å². The molecule has 6 heteroatoms. The number of carbonyl (C=O) groups excluding carboxylic acids is 1. The molecule has 1 aromatic carbocycles. The van der Waals surface area contributed by atoms with Crippen molar-refractivity contribution in [3.8, 4) is 0 Å². The number of amides is 1. The van der Waals surface area contributed by atoms with Crippen LogP contribution in [0.5, 0.6) is 0 Å². The highest BCUT2D eigenvalue weighted by Gasteiger charge is 2.25. The van der Waals surface area contributed by atoms with Gasteiger partial charge in [0.1, 0.15) is 0 Å².